The van der Waals surface area contributed by atoms with Crippen molar-refractivity contribution in [2.75, 3.05) is 0 Å². The second-order valence-electron chi connectivity index (χ2n) is 4.98. The summed E-state index contributed by atoms with van der Waals surface area (Å²) >= 11 is 3.23. The van der Waals surface area contributed by atoms with Crippen molar-refractivity contribution in [2.45, 2.75) is 26.8 Å². The SMILES string of the molecule is Cc1ccsc1CNC(=O)Cc1nc(-c2cccs2)oc1C. The van der Waals surface area contributed by atoms with Crippen LogP contribution in [0.1, 0.15) is 21.9 Å². The lowest BCUT2D eigenvalue weighted by atomic mass is 10.2. The molecule has 0 spiro atoms. The van der Waals surface area contributed by atoms with Gasteiger partial charge in [-0.25, -0.2) is 4.98 Å². The molecule has 0 unspecified atom stereocenters. The van der Waals surface area contributed by atoms with Gasteiger partial charge in [-0.1, -0.05) is 6.07 Å². The predicted octanol–water partition coefficient (Wildman–Crippen LogP) is 3.94. The van der Waals surface area contributed by atoms with Gasteiger partial charge in [0.05, 0.1) is 23.5 Å². The lowest BCUT2D eigenvalue weighted by Crippen LogP contribution is -2.24. The molecule has 114 valence electrons. The highest BCUT2D eigenvalue weighted by Gasteiger charge is 2.15. The van der Waals surface area contributed by atoms with Crippen molar-refractivity contribution in [1.29, 1.82) is 0 Å². The zero-order chi connectivity index (χ0) is 15.5. The summed E-state index contributed by atoms with van der Waals surface area (Å²) < 4.78 is 5.65. The molecular formula is C16H16N2O2S2. The van der Waals surface area contributed by atoms with Gasteiger partial charge in [-0.3, -0.25) is 4.79 Å². The fourth-order valence-electron chi connectivity index (χ4n) is 2.08. The van der Waals surface area contributed by atoms with Crippen LogP contribution in [-0.2, 0) is 17.8 Å². The summed E-state index contributed by atoms with van der Waals surface area (Å²) in [5.74, 6) is 1.25. The van der Waals surface area contributed by atoms with E-state index in [2.05, 4.69) is 16.4 Å². The average Bonchev–Trinajstić information content (AvgIpc) is 3.19. The third-order valence-electron chi connectivity index (χ3n) is 3.37. The van der Waals surface area contributed by atoms with Crippen LogP contribution < -0.4 is 5.32 Å². The molecule has 1 amide bonds. The van der Waals surface area contributed by atoms with E-state index in [9.17, 15) is 4.79 Å². The van der Waals surface area contributed by atoms with Crippen molar-refractivity contribution >= 4 is 28.6 Å². The van der Waals surface area contributed by atoms with E-state index in [0.29, 0.717) is 23.9 Å². The monoisotopic (exact) mass is 332 g/mol. The van der Waals surface area contributed by atoms with Gasteiger partial charge in [0.25, 0.3) is 0 Å². The van der Waals surface area contributed by atoms with Gasteiger partial charge in [-0.05, 0) is 42.3 Å². The predicted molar refractivity (Wildman–Crippen MR) is 89.2 cm³/mol. The second-order valence-corrected chi connectivity index (χ2v) is 6.93. The number of oxazole rings is 1. The standard InChI is InChI=1S/C16H16N2O2S2/c1-10-5-7-22-14(10)9-17-15(19)8-12-11(2)20-16(18-12)13-4-3-6-21-13/h3-7H,8-9H2,1-2H3,(H,17,19). The minimum absolute atomic E-state index is 0.0399. The zero-order valence-electron chi connectivity index (χ0n) is 12.4. The number of nitrogens with one attached hydrogen (secondary N) is 1. The van der Waals surface area contributed by atoms with E-state index in [0.717, 1.165) is 4.88 Å². The number of aromatic nitrogens is 1. The summed E-state index contributed by atoms with van der Waals surface area (Å²) in [6, 6.07) is 5.97. The molecule has 1 N–H and O–H groups in total. The molecule has 3 aromatic heterocycles. The molecule has 0 bridgehead atoms. The highest BCUT2D eigenvalue weighted by Crippen LogP contribution is 2.26. The molecule has 0 aliphatic heterocycles. The Hall–Kier alpha value is -1.92. The first kappa shape index (κ1) is 15.0. The number of carbonyl (C=O) groups is 1. The van der Waals surface area contributed by atoms with Crippen LogP contribution in [0.25, 0.3) is 10.8 Å². The van der Waals surface area contributed by atoms with Crippen LogP contribution in [0.3, 0.4) is 0 Å². The molecule has 0 radical (unpaired) electrons. The smallest absolute Gasteiger partial charge is 0.236 e. The maximum absolute atomic E-state index is 12.1. The first-order valence-corrected chi connectivity index (χ1v) is 8.69. The van der Waals surface area contributed by atoms with Gasteiger partial charge in [-0.2, -0.15) is 0 Å². The second kappa shape index (κ2) is 6.46. The Balaban J connectivity index is 1.63. The molecule has 0 saturated heterocycles. The normalized spacial score (nSPS) is 10.8. The number of amides is 1. The number of hydrogen-bond acceptors (Lipinski definition) is 5. The first-order valence-electron chi connectivity index (χ1n) is 6.93. The lowest BCUT2D eigenvalue weighted by Gasteiger charge is -2.03. The van der Waals surface area contributed by atoms with Crippen LogP contribution in [0.5, 0.6) is 0 Å². The molecule has 4 nitrogen and oxygen atoms in total. The zero-order valence-corrected chi connectivity index (χ0v) is 14.0. The summed E-state index contributed by atoms with van der Waals surface area (Å²) in [5, 5.41) is 6.95. The van der Waals surface area contributed by atoms with Crippen LogP contribution >= 0.6 is 22.7 Å². The topological polar surface area (TPSA) is 55.1 Å². The highest BCUT2D eigenvalue weighted by molar-refractivity contribution is 7.13. The van der Waals surface area contributed by atoms with Crippen molar-refractivity contribution in [2.24, 2.45) is 0 Å². The minimum Gasteiger partial charge on any atom is -0.440 e. The molecule has 0 aromatic carbocycles. The molecule has 0 atom stereocenters. The van der Waals surface area contributed by atoms with E-state index in [-0.39, 0.29) is 12.3 Å². The lowest BCUT2D eigenvalue weighted by molar-refractivity contribution is -0.120. The summed E-state index contributed by atoms with van der Waals surface area (Å²) in [7, 11) is 0. The Morgan fingerprint density at radius 3 is 2.82 bits per heavy atom. The molecule has 0 fully saturated rings. The van der Waals surface area contributed by atoms with Crippen molar-refractivity contribution in [3.63, 3.8) is 0 Å². The molecule has 22 heavy (non-hydrogen) atoms. The Morgan fingerprint density at radius 1 is 1.27 bits per heavy atom. The Morgan fingerprint density at radius 2 is 2.14 bits per heavy atom. The fourth-order valence-corrected chi connectivity index (χ4v) is 3.57. The molecule has 3 rings (SSSR count). The van der Waals surface area contributed by atoms with E-state index in [1.807, 2.05) is 36.7 Å². The van der Waals surface area contributed by atoms with E-state index in [1.54, 1.807) is 22.7 Å². The van der Waals surface area contributed by atoms with Crippen LogP contribution in [0.15, 0.2) is 33.4 Å². The molecule has 6 heteroatoms. The Bertz CT molecular complexity index is 772. The van der Waals surface area contributed by atoms with Crippen molar-refractivity contribution < 1.29 is 9.21 Å². The highest BCUT2D eigenvalue weighted by atomic mass is 32.1. The molecule has 3 aromatic rings. The minimum atomic E-state index is -0.0399. The third-order valence-corrected chi connectivity index (χ3v) is 5.25. The Labute approximate surface area is 136 Å². The maximum Gasteiger partial charge on any atom is 0.236 e. The fraction of sp³-hybridized carbons (Fsp3) is 0.250. The maximum atomic E-state index is 12.1. The summed E-state index contributed by atoms with van der Waals surface area (Å²) in [4.78, 5) is 18.7. The molecule has 0 aliphatic rings. The van der Waals surface area contributed by atoms with Crippen LogP contribution in [-0.4, -0.2) is 10.9 Å². The molecule has 0 saturated carbocycles. The number of carbonyl (C=O) groups excluding carboxylic acids is 1. The van der Waals surface area contributed by atoms with E-state index in [1.165, 1.54) is 10.4 Å². The summed E-state index contributed by atoms with van der Waals surface area (Å²) in [5.41, 5.74) is 1.91. The van der Waals surface area contributed by atoms with E-state index in [4.69, 9.17) is 4.42 Å². The van der Waals surface area contributed by atoms with Gasteiger partial charge in [0.15, 0.2) is 0 Å². The molecule has 3 heterocycles. The summed E-state index contributed by atoms with van der Waals surface area (Å²) in [6.45, 7) is 4.46. The van der Waals surface area contributed by atoms with Gasteiger partial charge >= 0.3 is 0 Å². The van der Waals surface area contributed by atoms with Gasteiger partial charge < -0.3 is 9.73 Å². The van der Waals surface area contributed by atoms with Crippen molar-refractivity contribution in [3.8, 4) is 10.8 Å². The largest absolute Gasteiger partial charge is 0.440 e. The first-order chi connectivity index (χ1) is 10.6. The molecule has 0 aliphatic carbocycles. The van der Waals surface area contributed by atoms with Crippen molar-refractivity contribution in [3.05, 3.63) is 50.9 Å². The quantitative estimate of drug-likeness (QED) is 0.770. The number of nitrogens with zero attached hydrogens (tertiary/aromatic N) is 1. The summed E-state index contributed by atoms with van der Waals surface area (Å²) in [6.07, 6.45) is 0.241. The van der Waals surface area contributed by atoms with Crippen LogP contribution in [0, 0.1) is 13.8 Å². The van der Waals surface area contributed by atoms with E-state index < -0.39 is 0 Å². The third kappa shape index (κ3) is 3.28. The molecular weight excluding hydrogens is 316 g/mol. The van der Waals surface area contributed by atoms with Crippen LogP contribution in [0.4, 0.5) is 0 Å². The van der Waals surface area contributed by atoms with Gasteiger partial charge in [0.2, 0.25) is 11.8 Å². The van der Waals surface area contributed by atoms with Crippen molar-refractivity contribution in [1.82, 2.24) is 10.3 Å². The average molecular weight is 332 g/mol. The van der Waals surface area contributed by atoms with Gasteiger partial charge in [0, 0.05) is 4.88 Å². The number of aryl methyl sites for hydroxylation is 2. The van der Waals surface area contributed by atoms with Gasteiger partial charge in [0.1, 0.15) is 5.76 Å². The Kier molecular flexibility index (Phi) is 4.40. The number of hydrogen-bond donors (Lipinski definition) is 1. The number of thiophene rings is 2. The number of rotatable bonds is 5. The van der Waals surface area contributed by atoms with Crippen LogP contribution in [0.2, 0.25) is 0 Å². The van der Waals surface area contributed by atoms with E-state index >= 15 is 0 Å². The van der Waals surface area contributed by atoms with Gasteiger partial charge in [-0.15, -0.1) is 22.7 Å².